The second-order valence-corrected chi connectivity index (χ2v) is 6.89. The molecule has 0 unspecified atom stereocenters. The third-order valence-corrected chi connectivity index (χ3v) is 4.85. The lowest BCUT2D eigenvalue weighted by molar-refractivity contribution is -0.119. The molecule has 140 valence electrons. The summed E-state index contributed by atoms with van der Waals surface area (Å²) in [6.45, 7) is 3.26. The molecular formula is C21H23N3O3. The molecule has 0 atom stereocenters. The highest BCUT2D eigenvalue weighted by Crippen LogP contribution is 2.37. The molecule has 0 spiro atoms. The lowest BCUT2D eigenvalue weighted by Crippen LogP contribution is -2.30. The van der Waals surface area contributed by atoms with Gasteiger partial charge in [-0.1, -0.05) is 6.07 Å². The number of carbonyl (C=O) groups is 2. The monoisotopic (exact) mass is 365 g/mol. The van der Waals surface area contributed by atoms with Gasteiger partial charge in [-0.2, -0.15) is 0 Å². The Balaban J connectivity index is 1.41. The average molecular weight is 365 g/mol. The standard InChI is InChI=1S/C21H23N3O3/c1-2-27-18-9-7-16(8-10-18)22-21(26)23-17-6-5-14-11-12-24(19(14)13-17)20(25)15-3-4-15/h5-10,13,15H,2-4,11-12H2,1H3,(H2,22,23,26). The zero-order chi connectivity index (χ0) is 18.8. The van der Waals surface area contributed by atoms with Crippen LogP contribution in [0.25, 0.3) is 0 Å². The number of nitrogens with one attached hydrogen (secondary N) is 2. The fourth-order valence-electron chi connectivity index (χ4n) is 3.33. The molecule has 6 heteroatoms. The molecule has 2 aliphatic rings. The number of hydrogen-bond acceptors (Lipinski definition) is 3. The van der Waals surface area contributed by atoms with Crippen molar-refractivity contribution >= 4 is 29.0 Å². The quantitative estimate of drug-likeness (QED) is 0.840. The Kier molecular flexibility index (Phi) is 4.71. The van der Waals surface area contributed by atoms with Crippen molar-refractivity contribution in [2.75, 3.05) is 28.7 Å². The van der Waals surface area contributed by atoms with Gasteiger partial charge < -0.3 is 20.3 Å². The molecule has 0 bridgehead atoms. The summed E-state index contributed by atoms with van der Waals surface area (Å²) in [5.74, 6) is 1.17. The fourth-order valence-corrected chi connectivity index (χ4v) is 3.33. The van der Waals surface area contributed by atoms with Gasteiger partial charge in [0.2, 0.25) is 5.91 Å². The van der Waals surface area contributed by atoms with Crippen molar-refractivity contribution in [3.63, 3.8) is 0 Å². The summed E-state index contributed by atoms with van der Waals surface area (Å²) < 4.78 is 5.39. The minimum atomic E-state index is -0.322. The van der Waals surface area contributed by atoms with Crippen LogP contribution in [0, 0.1) is 5.92 Å². The summed E-state index contributed by atoms with van der Waals surface area (Å²) >= 11 is 0. The molecule has 4 rings (SSSR count). The van der Waals surface area contributed by atoms with Crippen LogP contribution in [-0.2, 0) is 11.2 Å². The van der Waals surface area contributed by atoms with Crippen LogP contribution in [0.4, 0.5) is 21.9 Å². The van der Waals surface area contributed by atoms with Gasteiger partial charge in [-0.3, -0.25) is 4.79 Å². The predicted molar refractivity (Wildman–Crippen MR) is 105 cm³/mol. The molecule has 27 heavy (non-hydrogen) atoms. The highest BCUT2D eigenvalue weighted by Gasteiger charge is 2.36. The Hall–Kier alpha value is -3.02. The van der Waals surface area contributed by atoms with Crippen LogP contribution < -0.4 is 20.3 Å². The second-order valence-electron chi connectivity index (χ2n) is 6.89. The molecule has 1 saturated carbocycles. The third-order valence-electron chi connectivity index (χ3n) is 4.85. The first-order valence-electron chi connectivity index (χ1n) is 9.39. The van der Waals surface area contributed by atoms with E-state index >= 15 is 0 Å². The summed E-state index contributed by atoms with van der Waals surface area (Å²) in [7, 11) is 0. The minimum Gasteiger partial charge on any atom is -0.494 e. The van der Waals surface area contributed by atoms with E-state index in [4.69, 9.17) is 4.74 Å². The van der Waals surface area contributed by atoms with Crippen molar-refractivity contribution in [3.05, 3.63) is 48.0 Å². The molecule has 1 heterocycles. The zero-order valence-corrected chi connectivity index (χ0v) is 15.3. The predicted octanol–water partition coefficient (Wildman–Crippen LogP) is 4.03. The average Bonchev–Trinajstić information content (AvgIpc) is 3.43. The third kappa shape index (κ3) is 3.89. The Bertz CT molecular complexity index is 859. The van der Waals surface area contributed by atoms with Crippen molar-refractivity contribution in [2.45, 2.75) is 26.2 Å². The van der Waals surface area contributed by atoms with E-state index in [1.807, 2.05) is 42.2 Å². The Morgan fingerprint density at radius 1 is 1.07 bits per heavy atom. The van der Waals surface area contributed by atoms with E-state index in [0.717, 1.165) is 42.8 Å². The van der Waals surface area contributed by atoms with E-state index in [9.17, 15) is 9.59 Å². The first kappa shape index (κ1) is 17.4. The smallest absolute Gasteiger partial charge is 0.323 e. The molecule has 2 aromatic rings. The number of hydrogen-bond donors (Lipinski definition) is 2. The number of fused-ring (bicyclic) bond motifs is 1. The molecule has 3 amide bonds. The van der Waals surface area contributed by atoms with Gasteiger partial charge in [-0.05, 0) is 68.1 Å². The highest BCUT2D eigenvalue weighted by atomic mass is 16.5. The first-order chi connectivity index (χ1) is 13.1. The summed E-state index contributed by atoms with van der Waals surface area (Å²) in [5, 5.41) is 5.65. The molecule has 6 nitrogen and oxygen atoms in total. The molecule has 0 aromatic heterocycles. The lowest BCUT2D eigenvalue weighted by Gasteiger charge is -2.18. The van der Waals surface area contributed by atoms with Crippen LogP contribution in [0.15, 0.2) is 42.5 Å². The van der Waals surface area contributed by atoms with Gasteiger partial charge in [0, 0.05) is 29.5 Å². The highest BCUT2D eigenvalue weighted by molar-refractivity contribution is 6.02. The summed E-state index contributed by atoms with van der Waals surface area (Å²) in [6.07, 6.45) is 2.85. The Morgan fingerprint density at radius 3 is 2.48 bits per heavy atom. The summed E-state index contributed by atoms with van der Waals surface area (Å²) in [5.41, 5.74) is 3.43. The number of amides is 3. The second kappa shape index (κ2) is 7.31. The lowest BCUT2D eigenvalue weighted by atomic mass is 10.1. The van der Waals surface area contributed by atoms with Crippen molar-refractivity contribution in [1.82, 2.24) is 0 Å². The molecule has 2 N–H and O–H groups in total. The van der Waals surface area contributed by atoms with Gasteiger partial charge in [0.05, 0.1) is 6.61 Å². The molecule has 2 aromatic carbocycles. The van der Waals surface area contributed by atoms with Crippen molar-refractivity contribution < 1.29 is 14.3 Å². The molecule has 0 radical (unpaired) electrons. The van der Waals surface area contributed by atoms with Gasteiger partial charge in [-0.15, -0.1) is 0 Å². The molecule has 0 saturated heterocycles. The van der Waals surface area contributed by atoms with Gasteiger partial charge in [0.1, 0.15) is 5.75 Å². The van der Waals surface area contributed by atoms with Gasteiger partial charge in [0.15, 0.2) is 0 Å². The number of rotatable bonds is 5. The summed E-state index contributed by atoms with van der Waals surface area (Å²) in [6, 6.07) is 12.7. The van der Waals surface area contributed by atoms with E-state index in [1.165, 1.54) is 0 Å². The van der Waals surface area contributed by atoms with E-state index in [0.29, 0.717) is 18.0 Å². The maximum absolute atomic E-state index is 12.4. The zero-order valence-electron chi connectivity index (χ0n) is 15.3. The molecule has 1 aliphatic carbocycles. The van der Waals surface area contributed by atoms with Crippen molar-refractivity contribution in [2.24, 2.45) is 5.92 Å². The number of nitrogens with zero attached hydrogens (tertiary/aromatic N) is 1. The maximum Gasteiger partial charge on any atom is 0.323 e. The van der Waals surface area contributed by atoms with Crippen molar-refractivity contribution in [3.8, 4) is 5.75 Å². The molecule has 1 aliphatic heterocycles. The Labute approximate surface area is 158 Å². The number of carbonyl (C=O) groups excluding carboxylic acids is 2. The molecule has 1 fully saturated rings. The van der Waals surface area contributed by atoms with Crippen LogP contribution in [0.3, 0.4) is 0 Å². The number of urea groups is 1. The number of ether oxygens (including phenoxy) is 1. The van der Waals surface area contributed by atoms with Gasteiger partial charge >= 0.3 is 6.03 Å². The van der Waals surface area contributed by atoms with E-state index in [2.05, 4.69) is 10.6 Å². The maximum atomic E-state index is 12.4. The molecular weight excluding hydrogens is 342 g/mol. The normalized spacial score (nSPS) is 15.2. The van der Waals surface area contributed by atoms with Gasteiger partial charge in [-0.25, -0.2) is 4.79 Å². The largest absolute Gasteiger partial charge is 0.494 e. The van der Waals surface area contributed by atoms with Crippen LogP contribution in [0.5, 0.6) is 5.75 Å². The van der Waals surface area contributed by atoms with Crippen LogP contribution >= 0.6 is 0 Å². The SMILES string of the molecule is CCOc1ccc(NC(=O)Nc2ccc3c(c2)N(C(=O)C2CC2)CC3)cc1. The fraction of sp³-hybridized carbons (Fsp3) is 0.333. The number of benzene rings is 2. The number of anilines is 3. The van der Waals surface area contributed by atoms with Crippen LogP contribution in [-0.4, -0.2) is 25.1 Å². The van der Waals surface area contributed by atoms with Crippen LogP contribution in [0.1, 0.15) is 25.3 Å². The van der Waals surface area contributed by atoms with E-state index in [1.54, 1.807) is 12.1 Å². The van der Waals surface area contributed by atoms with Crippen LogP contribution in [0.2, 0.25) is 0 Å². The van der Waals surface area contributed by atoms with E-state index in [-0.39, 0.29) is 17.9 Å². The first-order valence-corrected chi connectivity index (χ1v) is 9.39. The van der Waals surface area contributed by atoms with Gasteiger partial charge in [0.25, 0.3) is 0 Å². The van der Waals surface area contributed by atoms with E-state index < -0.39 is 0 Å². The minimum absolute atomic E-state index is 0.190. The topological polar surface area (TPSA) is 70.7 Å². The summed E-state index contributed by atoms with van der Waals surface area (Å²) in [4.78, 5) is 26.6. The van der Waals surface area contributed by atoms with Crippen molar-refractivity contribution in [1.29, 1.82) is 0 Å². The Morgan fingerprint density at radius 2 is 1.78 bits per heavy atom.